The van der Waals surface area contributed by atoms with E-state index in [4.69, 9.17) is 0 Å². The molecule has 0 saturated carbocycles. The Balaban J connectivity index is 1.33. The Morgan fingerprint density at radius 1 is 1.09 bits per heavy atom. The van der Waals surface area contributed by atoms with Crippen molar-refractivity contribution in [1.82, 2.24) is 20.1 Å². The molecule has 180 valence electrons. The van der Waals surface area contributed by atoms with Crippen molar-refractivity contribution in [2.75, 3.05) is 56.0 Å². The van der Waals surface area contributed by atoms with Gasteiger partial charge in [-0.15, -0.1) is 0 Å². The van der Waals surface area contributed by atoms with Gasteiger partial charge in [-0.3, -0.25) is 19.3 Å². The number of hydrogen-bond donors (Lipinski definition) is 2. The Kier molecular flexibility index (Phi) is 7.42. The molecule has 1 aromatic heterocycles. The number of carbonyl (C=O) groups excluding carboxylic acids is 3. The van der Waals surface area contributed by atoms with Crippen molar-refractivity contribution in [2.45, 2.75) is 26.3 Å². The molecule has 2 fully saturated rings. The first-order chi connectivity index (χ1) is 16.4. The summed E-state index contributed by atoms with van der Waals surface area (Å²) in [6.45, 7) is 8.00. The average Bonchev–Trinajstić information content (AvgIpc) is 2.83. The van der Waals surface area contributed by atoms with Crippen LogP contribution in [0.1, 0.15) is 17.5 Å². The van der Waals surface area contributed by atoms with Crippen molar-refractivity contribution >= 4 is 29.2 Å². The van der Waals surface area contributed by atoms with Gasteiger partial charge in [0.2, 0.25) is 17.7 Å². The molecule has 2 aliphatic heterocycles. The van der Waals surface area contributed by atoms with Crippen LogP contribution in [0.4, 0.5) is 11.5 Å². The van der Waals surface area contributed by atoms with Crippen molar-refractivity contribution in [2.24, 2.45) is 0 Å². The maximum Gasteiger partial charge on any atom is 0.243 e. The van der Waals surface area contributed by atoms with Crippen molar-refractivity contribution < 1.29 is 14.4 Å². The minimum absolute atomic E-state index is 0.0711. The van der Waals surface area contributed by atoms with Crippen molar-refractivity contribution in [3.63, 3.8) is 0 Å². The van der Waals surface area contributed by atoms with Gasteiger partial charge in [-0.2, -0.15) is 0 Å². The third kappa shape index (κ3) is 5.72. The Morgan fingerprint density at radius 3 is 2.59 bits per heavy atom. The Hall–Kier alpha value is -3.46. The van der Waals surface area contributed by atoms with Crippen LogP contribution in [0.15, 0.2) is 42.6 Å². The molecule has 0 bridgehead atoms. The van der Waals surface area contributed by atoms with Crippen LogP contribution < -0.4 is 15.5 Å². The lowest BCUT2D eigenvalue weighted by Gasteiger charge is -2.38. The molecule has 3 heterocycles. The zero-order chi connectivity index (χ0) is 24.1. The van der Waals surface area contributed by atoms with E-state index in [1.54, 1.807) is 11.1 Å². The lowest BCUT2D eigenvalue weighted by atomic mass is 10.1. The molecule has 0 unspecified atom stereocenters. The SMILES string of the molecule is Cc1ccc(NC(=O)C[C@H]2C(=O)NCCN2C(=O)CN2CCN(c3ccccn3)CC2)c(C)c1. The van der Waals surface area contributed by atoms with Crippen LogP contribution in [0.25, 0.3) is 0 Å². The van der Waals surface area contributed by atoms with E-state index in [0.29, 0.717) is 13.1 Å². The Labute approximate surface area is 200 Å². The summed E-state index contributed by atoms with van der Waals surface area (Å²) in [5.41, 5.74) is 2.79. The number of nitrogens with one attached hydrogen (secondary N) is 2. The molecular formula is C25H32N6O3. The van der Waals surface area contributed by atoms with Gasteiger partial charge in [0.15, 0.2) is 0 Å². The number of carbonyl (C=O) groups is 3. The van der Waals surface area contributed by atoms with Crippen LogP contribution in [-0.2, 0) is 14.4 Å². The smallest absolute Gasteiger partial charge is 0.243 e. The van der Waals surface area contributed by atoms with Gasteiger partial charge < -0.3 is 20.4 Å². The number of rotatable bonds is 6. The van der Waals surface area contributed by atoms with Gasteiger partial charge in [-0.25, -0.2) is 4.98 Å². The second-order valence-electron chi connectivity index (χ2n) is 8.92. The number of piperazine rings is 2. The highest BCUT2D eigenvalue weighted by atomic mass is 16.2. The number of amides is 3. The van der Waals surface area contributed by atoms with Crippen LogP contribution >= 0.6 is 0 Å². The fourth-order valence-corrected chi connectivity index (χ4v) is 4.50. The molecule has 2 N–H and O–H groups in total. The summed E-state index contributed by atoms with van der Waals surface area (Å²) in [5, 5.41) is 5.68. The van der Waals surface area contributed by atoms with Gasteiger partial charge in [-0.1, -0.05) is 23.8 Å². The van der Waals surface area contributed by atoms with Crippen molar-refractivity contribution in [1.29, 1.82) is 0 Å². The molecule has 2 aliphatic rings. The van der Waals surface area contributed by atoms with E-state index in [2.05, 4.69) is 25.4 Å². The molecule has 3 amide bonds. The quantitative estimate of drug-likeness (QED) is 0.666. The maximum atomic E-state index is 13.2. The topological polar surface area (TPSA) is 97.9 Å². The van der Waals surface area contributed by atoms with Gasteiger partial charge in [0.1, 0.15) is 11.9 Å². The normalized spacial score (nSPS) is 19.0. The summed E-state index contributed by atoms with van der Waals surface area (Å²) in [6.07, 6.45) is 1.71. The third-order valence-electron chi connectivity index (χ3n) is 6.39. The molecule has 1 atom stereocenters. The van der Waals surface area contributed by atoms with Crippen LogP contribution in [0.5, 0.6) is 0 Å². The summed E-state index contributed by atoms with van der Waals surface area (Å²) >= 11 is 0. The molecular weight excluding hydrogens is 432 g/mol. The highest BCUT2D eigenvalue weighted by Gasteiger charge is 2.35. The molecule has 0 spiro atoms. The third-order valence-corrected chi connectivity index (χ3v) is 6.39. The van der Waals surface area contributed by atoms with E-state index in [1.807, 2.05) is 50.2 Å². The summed E-state index contributed by atoms with van der Waals surface area (Å²) in [6, 6.07) is 10.8. The Bertz CT molecular complexity index is 1040. The standard InChI is InChI=1S/C25H32N6O3/c1-18-6-7-20(19(2)15-18)28-23(32)16-21-25(34)27-9-10-31(21)24(33)17-29-11-13-30(14-12-29)22-5-3-4-8-26-22/h3-8,15,21H,9-14,16-17H2,1-2H3,(H,27,34)(H,28,32)/t21-/m0/s1. The molecule has 2 saturated heterocycles. The summed E-state index contributed by atoms with van der Waals surface area (Å²) < 4.78 is 0. The van der Waals surface area contributed by atoms with Crippen LogP contribution in [-0.4, -0.2) is 84.4 Å². The van der Waals surface area contributed by atoms with Gasteiger partial charge in [0, 0.05) is 51.2 Å². The zero-order valence-electron chi connectivity index (χ0n) is 19.8. The monoisotopic (exact) mass is 464 g/mol. The van der Waals surface area contributed by atoms with E-state index in [9.17, 15) is 14.4 Å². The zero-order valence-corrected chi connectivity index (χ0v) is 19.8. The summed E-state index contributed by atoms with van der Waals surface area (Å²) in [7, 11) is 0. The molecule has 34 heavy (non-hydrogen) atoms. The van der Waals surface area contributed by atoms with Gasteiger partial charge >= 0.3 is 0 Å². The van der Waals surface area contributed by atoms with E-state index in [-0.39, 0.29) is 30.7 Å². The highest BCUT2D eigenvalue weighted by Crippen LogP contribution is 2.18. The van der Waals surface area contributed by atoms with Crippen molar-refractivity contribution in [3.8, 4) is 0 Å². The number of pyridine rings is 1. The fraction of sp³-hybridized carbons (Fsp3) is 0.440. The number of aryl methyl sites for hydroxylation is 2. The molecule has 0 radical (unpaired) electrons. The minimum atomic E-state index is -0.804. The average molecular weight is 465 g/mol. The van der Waals surface area contributed by atoms with Gasteiger partial charge in [-0.05, 0) is 37.6 Å². The molecule has 9 nitrogen and oxygen atoms in total. The van der Waals surface area contributed by atoms with E-state index >= 15 is 0 Å². The fourth-order valence-electron chi connectivity index (χ4n) is 4.50. The summed E-state index contributed by atoms with van der Waals surface area (Å²) in [5.74, 6) is 0.257. The first-order valence-corrected chi connectivity index (χ1v) is 11.7. The Morgan fingerprint density at radius 2 is 1.88 bits per heavy atom. The first-order valence-electron chi connectivity index (χ1n) is 11.7. The number of aromatic nitrogens is 1. The molecule has 4 rings (SSSR count). The number of anilines is 2. The largest absolute Gasteiger partial charge is 0.354 e. The second kappa shape index (κ2) is 10.6. The van der Waals surface area contributed by atoms with Crippen LogP contribution in [0, 0.1) is 13.8 Å². The van der Waals surface area contributed by atoms with E-state index in [1.165, 1.54) is 0 Å². The first kappa shape index (κ1) is 23.7. The minimum Gasteiger partial charge on any atom is -0.354 e. The van der Waals surface area contributed by atoms with Crippen LogP contribution in [0.3, 0.4) is 0 Å². The van der Waals surface area contributed by atoms with E-state index in [0.717, 1.165) is 48.8 Å². The van der Waals surface area contributed by atoms with Crippen molar-refractivity contribution in [3.05, 3.63) is 53.7 Å². The molecule has 9 heteroatoms. The lowest BCUT2D eigenvalue weighted by Crippen LogP contribution is -2.60. The predicted octanol–water partition coefficient (Wildman–Crippen LogP) is 1.18. The maximum absolute atomic E-state index is 13.2. The number of nitrogens with zero attached hydrogens (tertiary/aromatic N) is 4. The van der Waals surface area contributed by atoms with Gasteiger partial charge in [0.25, 0.3) is 0 Å². The predicted molar refractivity (Wildman–Crippen MR) is 131 cm³/mol. The lowest BCUT2D eigenvalue weighted by molar-refractivity contribution is -0.145. The van der Waals surface area contributed by atoms with Gasteiger partial charge in [0.05, 0.1) is 13.0 Å². The molecule has 1 aromatic carbocycles. The second-order valence-corrected chi connectivity index (χ2v) is 8.92. The molecule has 0 aliphatic carbocycles. The van der Waals surface area contributed by atoms with E-state index < -0.39 is 6.04 Å². The number of benzene rings is 1. The molecule has 2 aromatic rings. The van der Waals surface area contributed by atoms with Crippen LogP contribution in [0.2, 0.25) is 0 Å². The highest BCUT2D eigenvalue weighted by molar-refractivity contribution is 5.98. The summed E-state index contributed by atoms with van der Waals surface area (Å²) in [4.78, 5) is 48.7. The number of hydrogen-bond acceptors (Lipinski definition) is 6.